The Hall–Kier alpha value is -8.22. The van der Waals surface area contributed by atoms with Crippen LogP contribution in [0.2, 0.25) is 0 Å². The van der Waals surface area contributed by atoms with E-state index < -0.39 is 0 Å². The zero-order valence-electron chi connectivity index (χ0n) is 32.5. The standard InChI is InChI=1S/C54H36N6/c1-4-14-37(15-5-1)38-22-32-45(33-23-38)54-55-46(39-24-28-41(29-25-39)50-52(43-16-6-2-7-17-43)59-34-12-10-20-48(59)57-50)36-47(56-54)40-26-30-42(31-27-40)51-53(44-18-8-3-9-19-44)60-35-13-11-21-49(60)58-51/h1-36H. The quantitative estimate of drug-likeness (QED) is 0.154. The molecule has 282 valence electrons. The number of imidazole rings is 2. The molecule has 0 atom stereocenters. The Labute approximate surface area is 347 Å². The molecule has 6 aromatic carbocycles. The summed E-state index contributed by atoms with van der Waals surface area (Å²) in [6.07, 6.45) is 4.15. The number of hydrogen-bond acceptors (Lipinski definition) is 4. The van der Waals surface area contributed by atoms with Crippen molar-refractivity contribution in [2.45, 2.75) is 0 Å². The van der Waals surface area contributed by atoms with Crippen LogP contribution in [0.5, 0.6) is 0 Å². The van der Waals surface area contributed by atoms with Gasteiger partial charge >= 0.3 is 0 Å². The predicted octanol–water partition coefficient (Wildman–Crippen LogP) is 13.1. The molecular weight excluding hydrogens is 733 g/mol. The van der Waals surface area contributed by atoms with Crippen LogP contribution >= 0.6 is 0 Å². The van der Waals surface area contributed by atoms with Crippen LogP contribution in [-0.2, 0) is 0 Å². The molecule has 11 aromatic rings. The Morgan fingerprint density at radius 1 is 0.267 bits per heavy atom. The highest BCUT2D eigenvalue weighted by atomic mass is 15.0. The van der Waals surface area contributed by atoms with Crippen molar-refractivity contribution in [3.05, 3.63) is 219 Å². The zero-order chi connectivity index (χ0) is 39.8. The van der Waals surface area contributed by atoms with Gasteiger partial charge < -0.3 is 0 Å². The lowest BCUT2D eigenvalue weighted by Crippen LogP contribution is -1.96. The average Bonchev–Trinajstić information content (AvgIpc) is 3.92. The van der Waals surface area contributed by atoms with Gasteiger partial charge in [0.25, 0.3) is 0 Å². The van der Waals surface area contributed by atoms with Gasteiger partial charge in [-0.05, 0) is 41.5 Å². The molecule has 0 spiro atoms. The van der Waals surface area contributed by atoms with Crippen LogP contribution in [0.3, 0.4) is 0 Å². The fraction of sp³-hybridized carbons (Fsp3) is 0. The first-order chi connectivity index (χ1) is 29.7. The maximum atomic E-state index is 5.20. The Morgan fingerprint density at radius 2 is 0.617 bits per heavy atom. The minimum Gasteiger partial charge on any atom is -0.299 e. The van der Waals surface area contributed by atoms with E-state index >= 15 is 0 Å². The first-order valence-corrected chi connectivity index (χ1v) is 20.1. The average molecular weight is 769 g/mol. The van der Waals surface area contributed by atoms with E-state index in [1.54, 1.807) is 0 Å². The molecule has 0 saturated heterocycles. The summed E-state index contributed by atoms with van der Waals surface area (Å²) < 4.78 is 4.32. The lowest BCUT2D eigenvalue weighted by molar-refractivity contribution is 1.18. The summed E-state index contributed by atoms with van der Waals surface area (Å²) in [7, 11) is 0. The summed E-state index contributed by atoms with van der Waals surface area (Å²) in [5, 5.41) is 0. The number of benzene rings is 6. The number of fused-ring (bicyclic) bond motifs is 2. The molecule has 0 amide bonds. The minimum absolute atomic E-state index is 0.661. The van der Waals surface area contributed by atoms with Crippen molar-refractivity contribution < 1.29 is 0 Å². The van der Waals surface area contributed by atoms with Gasteiger partial charge in [0.15, 0.2) is 5.82 Å². The lowest BCUT2D eigenvalue weighted by Gasteiger charge is -2.11. The van der Waals surface area contributed by atoms with Crippen LogP contribution in [0, 0.1) is 0 Å². The number of nitrogens with zero attached hydrogens (tertiary/aromatic N) is 6. The van der Waals surface area contributed by atoms with Gasteiger partial charge in [0.05, 0.1) is 34.2 Å². The lowest BCUT2D eigenvalue weighted by atomic mass is 10.00. The van der Waals surface area contributed by atoms with Crippen LogP contribution in [0.1, 0.15) is 0 Å². The maximum absolute atomic E-state index is 5.20. The maximum Gasteiger partial charge on any atom is 0.160 e. The highest BCUT2D eigenvalue weighted by Crippen LogP contribution is 2.37. The van der Waals surface area contributed by atoms with Crippen molar-refractivity contribution in [2.24, 2.45) is 0 Å². The first kappa shape index (κ1) is 35.0. The van der Waals surface area contributed by atoms with Gasteiger partial charge in [-0.3, -0.25) is 8.80 Å². The molecule has 0 N–H and O–H groups in total. The minimum atomic E-state index is 0.661. The molecule has 0 saturated carbocycles. The highest BCUT2D eigenvalue weighted by molar-refractivity contribution is 5.85. The molecule has 0 unspecified atom stereocenters. The van der Waals surface area contributed by atoms with Crippen molar-refractivity contribution >= 4 is 11.3 Å². The third-order valence-electron chi connectivity index (χ3n) is 11.0. The third kappa shape index (κ3) is 6.42. The van der Waals surface area contributed by atoms with Gasteiger partial charge in [0.1, 0.15) is 11.3 Å². The van der Waals surface area contributed by atoms with E-state index in [0.717, 1.165) is 90.0 Å². The summed E-state index contributed by atoms with van der Waals surface area (Å²) >= 11 is 0. The topological polar surface area (TPSA) is 60.4 Å². The molecule has 5 heterocycles. The molecular formula is C54H36N6. The second kappa shape index (κ2) is 14.9. The van der Waals surface area contributed by atoms with E-state index in [2.05, 4.69) is 173 Å². The summed E-state index contributed by atoms with van der Waals surface area (Å²) in [4.78, 5) is 20.6. The van der Waals surface area contributed by atoms with Crippen LogP contribution in [0.4, 0.5) is 0 Å². The number of hydrogen-bond donors (Lipinski definition) is 0. The second-order valence-corrected chi connectivity index (χ2v) is 14.8. The summed E-state index contributed by atoms with van der Waals surface area (Å²) in [5.74, 6) is 0.661. The van der Waals surface area contributed by atoms with Crippen LogP contribution in [0.15, 0.2) is 219 Å². The fourth-order valence-electron chi connectivity index (χ4n) is 8.05. The number of aromatic nitrogens is 6. The molecule has 0 aliphatic carbocycles. The van der Waals surface area contributed by atoms with Crippen molar-refractivity contribution in [3.63, 3.8) is 0 Å². The van der Waals surface area contributed by atoms with Crippen LogP contribution in [0.25, 0.3) is 101 Å². The molecule has 0 bridgehead atoms. The fourth-order valence-corrected chi connectivity index (χ4v) is 8.05. The molecule has 0 aliphatic heterocycles. The van der Waals surface area contributed by atoms with Crippen LogP contribution < -0.4 is 0 Å². The summed E-state index contributed by atoms with van der Waals surface area (Å²) in [6, 6.07) is 71.3. The molecule has 0 radical (unpaired) electrons. The Bertz CT molecular complexity index is 3080. The molecule has 11 rings (SSSR count). The second-order valence-electron chi connectivity index (χ2n) is 14.8. The predicted molar refractivity (Wildman–Crippen MR) is 243 cm³/mol. The summed E-state index contributed by atoms with van der Waals surface area (Å²) in [6.45, 7) is 0. The van der Waals surface area contributed by atoms with E-state index in [1.165, 1.54) is 5.56 Å². The van der Waals surface area contributed by atoms with Crippen LogP contribution in [-0.4, -0.2) is 28.7 Å². The SMILES string of the molecule is c1ccc(-c2ccc(-c3nc(-c4ccc(-c5nc6ccccn6c5-c5ccccc5)cc4)cc(-c4ccc(-c5nc6ccccn6c5-c5ccccc5)cc4)n3)cc2)cc1. The smallest absolute Gasteiger partial charge is 0.160 e. The zero-order valence-corrected chi connectivity index (χ0v) is 32.5. The van der Waals surface area contributed by atoms with Crippen molar-refractivity contribution in [3.8, 4) is 90.1 Å². The monoisotopic (exact) mass is 768 g/mol. The van der Waals surface area contributed by atoms with Crippen molar-refractivity contribution in [1.82, 2.24) is 28.7 Å². The van der Waals surface area contributed by atoms with E-state index in [4.69, 9.17) is 19.9 Å². The van der Waals surface area contributed by atoms with Gasteiger partial charge in [-0.1, -0.05) is 176 Å². The molecule has 0 aliphatic rings. The van der Waals surface area contributed by atoms with E-state index in [-0.39, 0.29) is 0 Å². The Kier molecular flexibility index (Phi) is 8.71. The Balaban J connectivity index is 1.00. The highest BCUT2D eigenvalue weighted by Gasteiger charge is 2.19. The largest absolute Gasteiger partial charge is 0.299 e. The van der Waals surface area contributed by atoms with Crippen molar-refractivity contribution in [1.29, 1.82) is 0 Å². The first-order valence-electron chi connectivity index (χ1n) is 20.1. The molecule has 5 aromatic heterocycles. The van der Waals surface area contributed by atoms with Gasteiger partial charge in [-0.25, -0.2) is 19.9 Å². The molecule has 6 heteroatoms. The Morgan fingerprint density at radius 3 is 1.07 bits per heavy atom. The number of rotatable bonds is 8. The molecule has 0 fully saturated rings. The van der Waals surface area contributed by atoms with Crippen molar-refractivity contribution in [2.75, 3.05) is 0 Å². The van der Waals surface area contributed by atoms with E-state index in [0.29, 0.717) is 5.82 Å². The van der Waals surface area contributed by atoms with Gasteiger partial charge in [-0.2, -0.15) is 0 Å². The number of pyridine rings is 2. The third-order valence-corrected chi connectivity index (χ3v) is 11.0. The molecule has 6 nitrogen and oxygen atoms in total. The van der Waals surface area contributed by atoms with Gasteiger partial charge in [0.2, 0.25) is 0 Å². The summed E-state index contributed by atoms with van der Waals surface area (Å²) in [5.41, 5.74) is 17.0. The molecule has 60 heavy (non-hydrogen) atoms. The van der Waals surface area contributed by atoms with E-state index in [9.17, 15) is 0 Å². The normalized spacial score (nSPS) is 11.3. The van der Waals surface area contributed by atoms with Gasteiger partial charge in [-0.15, -0.1) is 0 Å². The van der Waals surface area contributed by atoms with Gasteiger partial charge in [0, 0.05) is 51.3 Å². The van der Waals surface area contributed by atoms with E-state index in [1.807, 2.05) is 54.6 Å².